The van der Waals surface area contributed by atoms with Crippen LogP contribution in [0.2, 0.25) is 0 Å². The van der Waals surface area contributed by atoms with Gasteiger partial charge in [-0.15, -0.1) is 0 Å². The molecule has 9 heteroatoms. The monoisotopic (exact) mass is 393 g/mol. The highest BCUT2D eigenvalue weighted by molar-refractivity contribution is 5.90. The molecule has 0 aliphatic carbocycles. The zero-order valence-corrected chi connectivity index (χ0v) is 16.4. The van der Waals surface area contributed by atoms with Gasteiger partial charge >= 0.3 is 6.03 Å². The van der Waals surface area contributed by atoms with E-state index >= 15 is 0 Å². The number of anilines is 3. The van der Waals surface area contributed by atoms with E-state index in [2.05, 4.69) is 20.3 Å². The Morgan fingerprint density at radius 3 is 2.69 bits per heavy atom. The van der Waals surface area contributed by atoms with Crippen molar-refractivity contribution >= 4 is 34.5 Å². The van der Waals surface area contributed by atoms with Gasteiger partial charge in [0, 0.05) is 38.1 Å². The highest BCUT2D eigenvalue weighted by Gasteiger charge is 2.23. The number of nitrogen functional groups attached to an aromatic ring is 1. The Morgan fingerprint density at radius 2 is 1.97 bits per heavy atom. The van der Waals surface area contributed by atoms with Crippen LogP contribution in [-0.2, 0) is 0 Å². The summed E-state index contributed by atoms with van der Waals surface area (Å²) in [7, 11) is 1.62. The second kappa shape index (κ2) is 7.78. The Kier molecular flexibility index (Phi) is 5.03. The lowest BCUT2D eigenvalue weighted by Crippen LogP contribution is -2.50. The maximum Gasteiger partial charge on any atom is 0.321 e. The molecular formula is C20H23N7O2. The topological polar surface area (TPSA) is 110 Å². The van der Waals surface area contributed by atoms with E-state index in [1.54, 1.807) is 18.2 Å². The third kappa shape index (κ3) is 3.84. The van der Waals surface area contributed by atoms with Crippen molar-refractivity contribution in [2.45, 2.75) is 6.92 Å². The smallest absolute Gasteiger partial charge is 0.321 e. The largest absolute Gasteiger partial charge is 0.497 e. The van der Waals surface area contributed by atoms with Crippen LogP contribution in [0.5, 0.6) is 5.75 Å². The van der Waals surface area contributed by atoms with Gasteiger partial charge in [-0.1, -0.05) is 0 Å². The molecule has 0 spiro atoms. The summed E-state index contributed by atoms with van der Waals surface area (Å²) in [5.41, 5.74) is 9.07. The van der Waals surface area contributed by atoms with E-state index in [1.807, 2.05) is 42.2 Å². The highest BCUT2D eigenvalue weighted by atomic mass is 16.5. The SMILES string of the molecule is COc1ccc(NC(=O)N2CCN(c3nc(N)c4ncccc4n3)CC2)c(C)c1. The third-order valence-corrected chi connectivity index (χ3v) is 4.99. The van der Waals surface area contributed by atoms with Gasteiger partial charge in [-0.05, 0) is 42.8 Å². The average molecular weight is 393 g/mol. The highest BCUT2D eigenvalue weighted by Crippen LogP contribution is 2.23. The molecule has 1 fully saturated rings. The minimum Gasteiger partial charge on any atom is -0.497 e. The lowest BCUT2D eigenvalue weighted by molar-refractivity contribution is 0.208. The predicted octanol–water partition coefficient (Wildman–Crippen LogP) is 2.28. The number of nitrogens with zero attached hydrogens (tertiary/aromatic N) is 5. The van der Waals surface area contributed by atoms with Crippen LogP contribution in [0.25, 0.3) is 11.0 Å². The van der Waals surface area contributed by atoms with Crippen molar-refractivity contribution in [2.75, 3.05) is 49.2 Å². The van der Waals surface area contributed by atoms with Crippen LogP contribution in [0.15, 0.2) is 36.5 Å². The second-order valence-electron chi connectivity index (χ2n) is 6.87. The average Bonchev–Trinajstić information content (AvgIpc) is 2.75. The molecule has 29 heavy (non-hydrogen) atoms. The standard InChI is InChI=1S/C20H23N7O2/c1-13-12-14(29-2)5-6-15(13)24-20(28)27-10-8-26(9-11-27)19-23-16-4-3-7-22-17(16)18(21)25-19/h3-7,12H,8-11H2,1-2H3,(H,24,28)(H2,21,23,25). The number of nitrogens with two attached hydrogens (primary N) is 1. The fourth-order valence-electron chi connectivity index (χ4n) is 3.33. The minimum atomic E-state index is -0.124. The van der Waals surface area contributed by atoms with Crippen molar-refractivity contribution in [3.05, 3.63) is 42.1 Å². The number of benzene rings is 1. The first kappa shape index (κ1) is 18.7. The number of carbonyl (C=O) groups excluding carboxylic acids is 1. The molecule has 0 bridgehead atoms. The van der Waals surface area contributed by atoms with Crippen molar-refractivity contribution < 1.29 is 9.53 Å². The zero-order chi connectivity index (χ0) is 20.4. The first-order valence-electron chi connectivity index (χ1n) is 9.39. The van der Waals surface area contributed by atoms with Gasteiger partial charge in [0.25, 0.3) is 0 Å². The summed E-state index contributed by atoms with van der Waals surface area (Å²) in [6.45, 7) is 4.32. The van der Waals surface area contributed by atoms with Gasteiger partial charge in [0.05, 0.1) is 12.6 Å². The Labute approximate surface area is 168 Å². The predicted molar refractivity (Wildman–Crippen MR) is 112 cm³/mol. The summed E-state index contributed by atoms with van der Waals surface area (Å²) in [6, 6.07) is 9.14. The number of aryl methyl sites for hydroxylation is 1. The van der Waals surface area contributed by atoms with Crippen LogP contribution in [-0.4, -0.2) is 59.2 Å². The van der Waals surface area contributed by atoms with E-state index in [0.29, 0.717) is 49.0 Å². The molecule has 3 heterocycles. The lowest BCUT2D eigenvalue weighted by Gasteiger charge is -2.34. The summed E-state index contributed by atoms with van der Waals surface area (Å²) in [4.78, 5) is 29.6. The van der Waals surface area contributed by atoms with E-state index < -0.39 is 0 Å². The zero-order valence-electron chi connectivity index (χ0n) is 16.4. The van der Waals surface area contributed by atoms with Gasteiger partial charge in [0.15, 0.2) is 5.82 Å². The molecule has 0 atom stereocenters. The number of ether oxygens (including phenoxy) is 1. The molecule has 0 saturated carbocycles. The van der Waals surface area contributed by atoms with Gasteiger partial charge in [0.1, 0.15) is 11.3 Å². The molecule has 1 aromatic carbocycles. The fraction of sp³-hybridized carbons (Fsp3) is 0.300. The number of aromatic nitrogens is 3. The molecule has 9 nitrogen and oxygen atoms in total. The van der Waals surface area contributed by atoms with Crippen molar-refractivity contribution in [1.82, 2.24) is 19.9 Å². The first-order chi connectivity index (χ1) is 14.0. The molecule has 1 aliphatic heterocycles. The summed E-state index contributed by atoms with van der Waals surface area (Å²) in [5, 5.41) is 2.97. The molecule has 2 amide bonds. The molecule has 4 rings (SSSR count). The normalized spacial score (nSPS) is 14.1. The summed E-state index contributed by atoms with van der Waals surface area (Å²) in [5.74, 6) is 1.69. The van der Waals surface area contributed by atoms with E-state index in [0.717, 1.165) is 17.0 Å². The molecule has 1 aliphatic rings. The van der Waals surface area contributed by atoms with Crippen molar-refractivity contribution in [3.8, 4) is 5.75 Å². The van der Waals surface area contributed by atoms with E-state index in [4.69, 9.17) is 10.5 Å². The van der Waals surface area contributed by atoms with Crippen LogP contribution in [0.3, 0.4) is 0 Å². The Morgan fingerprint density at radius 1 is 1.17 bits per heavy atom. The van der Waals surface area contributed by atoms with Gasteiger partial charge in [0.2, 0.25) is 5.95 Å². The van der Waals surface area contributed by atoms with Crippen LogP contribution >= 0.6 is 0 Å². The number of nitrogens with one attached hydrogen (secondary N) is 1. The minimum absolute atomic E-state index is 0.124. The van der Waals surface area contributed by atoms with E-state index in [9.17, 15) is 4.79 Å². The van der Waals surface area contributed by atoms with Gasteiger partial charge in [-0.2, -0.15) is 4.98 Å². The first-order valence-corrected chi connectivity index (χ1v) is 9.39. The van der Waals surface area contributed by atoms with Crippen molar-refractivity contribution in [3.63, 3.8) is 0 Å². The number of hydrogen-bond acceptors (Lipinski definition) is 7. The molecule has 0 radical (unpaired) electrons. The number of hydrogen-bond donors (Lipinski definition) is 2. The number of piperazine rings is 1. The van der Waals surface area contributed by atoms with Crippen LogP contribution in [0.4, 0.5) is 22.2 Å². The Hall–Kier alpha value is -3.62. The summed E-state index contributed by atoms with van der Waals surface area (Å²) < 4.78 is 5.21. The van der Waals surface area contributed by atoms with Crippen LogP contribution in [0, 0.1) is 6.92 Å². The number of carbonyl (C=O) groups is 1. The van der Waals surface area contributed by atoms with Crippen molar-refractivity contribution in [2.24, 2.45) is 0 Å². The van der Waals surface area contributed by atoms with Gasteiger partial charge in [-0.25, -0.2) is 9.78 Å². The van der Waals surface area contributed by atoms with Crippen molar-refractivity contribution in [1.29, 1.82) is 0 Å². The molecule has 2 aromatic heterocycles. The van der Waals surface area contributed by atoms with E-state index in [-0.39, 0.29) is 6.03 Å². The number of amides is 2. The molecular weight excluding hydrogens is 370 g/mol. The fourth-order valence-corrected chi connectivity index (χ4v) is 3.33. The molecule has 1 saturated heterocycles. The number of urea groups is 1. The number of rotatable bonds is 3. The van der Waals surface area contributed by atoms with Crippen LogP contribution < -0.4 is 20.7 Å². The molecule has 150 valence electrons. The molecule has 3 aromatic rings. The Bertz CT molecular complexity index is 1050. The third-order valence-electron chi connectivity index (χ3n) is 4.99. The molecule has 0 unspecified atom stereocenters. The summed E-state index contributed by atoms with van der Waals surface area (Å²) >= 11 is 0. The van der Waals surface area contributed by atoms with Gasteiger partial charge < -0.3 is 25.6 Å². The number of pyridine rings is 1. The van der Waals surface area contributed by atoms with Crippen LogP contribution in [0.1, 0.15) is 5.56 Å². The second-order valence-corrected chi connectivity index (χ2v) is 6.87. The maximum absolute atomic E-state index is 12.7. The Balaban J connectivity index is 1.41. The maximum atomic E-state index is 12.7. The molecule has 3 N–H and O–H groups in total. The number of methoxy groups -OCH3 is 1. The van der Waals surface area contributed by atoms with Gasteiger partial charge in [-0.3, -0.25) is 4.98 Å². The quantitative estimate of drug-likeness (QED) is 0.702. The number of fused-ring (bicyclic) bond motifs is 1. The lowest BCUT2D eigenvalue weighted by atomic mass is 10.2. The van der Waals surface area contributed by atoms with E-state index in [1.165, 1.54) is 0 Å². The summed E-state index contributed by atoms with van der Waals surface area (Å²) in [6.07, 6.45) is 1.67.